The Morgan fingerprint density at radius 3 is 2.21 bits per heavy atom. The Morgan fingerprint density at radius 2 is 1.58 bits per heavy atom. The van der Waals surface area contributed by atoms with E-state index in [2.05, 4.69) is 15.9 Å². The van der Waals surface area contributed by atoms with Gasteiger partial charge in [0.2, 0.25) is 0 Å². The number of benzene rings is 2. The number of nitrogens with two attached hydrogens (primary N) is 1. The van der Waals surface area contributed by atoms with E-state index in [-0.39, 0.29) is 6.04 Å². The molecule has 100 valence electrons. The normalized spacial score (nSPS) is 12.4. The van der Waals surface area contributed by atoms with Gasteiger partial charge in [-0.2, -0.15) is 0 Å². The zero-order chi connectivity index (χ0) is 13.8. The van der Waals surface area contributed by atoms with E-state index in [1.807, 2.05) is 42.5 Å². The second-order valence-electron chi connectivity index (χ2n) is 4.50. The topological polar surface area (TPSA) is 26.0 Å². The minimum atomic E-state index is -0.00132. The van der Waals surface area contributed by atoms with Crippen LogP contribution in [-0.2, 0) is 12.8 Å². The maximum atomic E-state index is 6.20. The van der Waals surface area contributed by atoms with Crippen molar-refractivity contribution in [3.63, 3.8) is 0 Å². The van der Waals surface area contributed by atoms with Crippen molar-refractivity contribution >= 4 is 39.1 Å². The van der Waals surface area contributed by atoms with Crippen LogP contribution in [0, 0.1) is 0 Å². The summed E-state index contributed by atoms with van der Waals surface area (Å²) in [5.41, 5.74) is 8.32. The van der Waals surface area contributed by atoms with Crippen LogP contribution in [-0.4, -0.2) is 6.04 Å². The van der Waals surface area contributed by atoms with Crippen LogP contribution in [0.15, 0.2) is 46.9 Å². The van der Waals surface area contributed by atoms with Crippen LogP contribution in [0.1, 0.15) is 11.1 Å². The lowest BCUT2D eigenvalue weighted by atomic mass is 10.00. The largest absolute Gasteiger partial charge is 0.327 e. The fourth-order valence-corrected chi connectivity index (χ4v) is 2.95. The molecule has 2 N–H and O–H groups in total. The van der Waals surface area contributed by atoms with Crippen LogP contribution in [0.25, 0.3) is 0 Å². The molecule has 0 fully saturated rings. The van der Waals surface area contributed by atoms with Crippen molar-refractivity contribution in [2.24, 2.45) is 5.73 Å². The van der Waals surface area contributed by atoms with Crippen LogP contribution in [0.2, 0.25) is 10.0 Å². The SMILES string of the molecule is NC(Cc1ccccc1Cl)Cc1ccc(Br)cc1Cl. The predicted octanol–water partition coefficient (Wildman–Crippen LogP) is 4.87. The minimum absolute atomic E-state index is 0.00132. The molecule has 0 aromatic heterocycles. The molecule has 0 heterocycles. The maximum Gasteiger partial charge on any atom is 0.0449 e. The van der Waals surface area contributed by atoms with E-state index in [0.29, 0.717) is 0 Å². The Balaban J connectivity index is 2.05. The molecule has 0 aliphatic heterocycles. The van der Waals surface area contributed by atoms with Crippen molar-refractivity contribution in [1.29, 1.82) is 0 Å². The van der Waals surface area contributed by atoms with Crippen LogP contribution in [0.3, 0.4) is 0 Å². The number of rotatable bonds is 4. The highest BCUT2D eigenvalue weighted by Crippen LogP contribution is 2.23. The Labute approximate surface area is 131 Å². The molecule has 2 rings (SSSR count). The molecule has 0 aliphatic carbocycles. The molecule has 1 unspecified atom stereocenters. The van der Waals surface area contributed by atoms with E-state index in [0.717, 1.165) is 38.5 Å². The maximum absolute atomic E-state index is 6.20. The summed E-state index contributed by atoms with van der Waals surface area (Å²) in [6.45, 7) is 0. The predicted molar refractivity (Wildman–Crippen MR) is 86.0 cm³/mol. The van der Waals surface area contributed by atoms with Crippen molar-refractivity contribution < 1.29 is 0 Å². The highest BCUT2D eigenvalue weighted by molar-refractivity contribution is 9.10. The lowest BCUT2D eigenvalue weighted by Crippen LogP contribution is -2.25. The van der Waals surface area contributed by atoms with E-state index in [9.17, 15) is 0 Å². The molecule has 4 heteroatoms. The van der Waals surface area contributed by atoms with Crippen LogP contribution < -0.4 is 5.73 Å². The van der Waals surface area contributed by atoms with Gasteiger partial charge in [0.1, 0.15) is 0 Å². The zero-order valence-corrected chi connectivity index (χ0v) is 13.3. The molecular formula is C15H14BrCl2N. The van der Waals surface area contributed by atoms with E-state index >= 15 is 0 Å². The highest BCUT2D eigenvalue weighted by atomic mass is 79.9. The van der Waals surface area contributed by atoms with Crippen molar-refractivity contribution in [1.82, 2.24) is 0 Å². The summed E-state index contributed by atoms with van der Waals surface area (Å²) in [7, 11) is 0. The van der Waals surface area contributed by atoms with Gasteiger partial charge in [-0.15, -0.1) is 0 Å². The molecular weight excluding hydrogens is 345 g/mol. The van der Waals surface area contributed by atoms with Crippen molar-refractivity contribution in [2.75, 3.05) is 0 Å². The first-order chi connectivity index (χ1) is 9.06. The van der Waals surface area contributed by atoms with Gasteiger partial charge in [-0.3, -0.25) is 0 Å². The first kappa shape index (κ1) is 14.9. The van der Waals surface area contributed by atoms with Gasteiger partial charge in [-0.05, 0) is 42.2 Å². The molecule has 0 saturated carbocycles. The molecule has 0 radical (unpaired) electrons. The van der Waals surface area contributed by atoms with E-state index in [1.54, 1.807) is 0 Å². The number of halogens is 3. The van der Waals surface area contributed by atoms with E-state index in [1.165, 1.54) is 0 Å². The molecule has 0 aliphatic rings. The average Bonchev–Trinajstić information content (AvgIpc) is 2.36. The van der Waals surface area contributed by atoms with Gasteiger partial charge in [0, 0.05) is 20.6 Å². The molecule has 2 aromatic carbocycles. The Kier molecular flexibility index (Phi) is 5.28. The number of hydrogen-bond donors (Lipinski definition) is 1. The fourth-order valence-electron chi connectivity index (χ4n) is 1.99. The molecule has 0 amide bonds. The second-order valence-corrected chi connectivity index (χ2v) is 6.23. The molecule has 0 bridgehead atoms. The second kappa shape index (κ2) is 6.76. The molecule has 1 atom stereocenters. The number of hydrogen-bond acceptors (Lipinski definition) is 1. The summed E-state index contributed by atoms with van der Waals surface area (Å²) >= 11 is 15.7. The first-order valence-electron chi connectivity index (χ1n) is 5.99. The van der Waals surface area contributed by atoms with Crippen LogP contribution >= 0.6 is 39.1 Å². The summed E-state index contributed by atoms with van der Waals surface area (Å²) in [4.78, 5) is 0. The van der Waals surface area contributed by atoms with E-state index < -0.39 is 0 Å². The quantitative estimate of drug-likeness (QED) is 0.828. The zero-order valence-electron chi connectivity index (χ0n) is 10.2. The van der Waals surface area contributed by atoms with E-state index in [4.69, 9.17) is 28.9 Å². The van der Waals surface area contributed by atoms with Gasteiger partial charge in [-0.25, -0.2) is 0 Å². The molecule has 2 aromatic rings. The van der Waals surface area contributed by atoms with Crippen molar-refractivity contribution in [3.8, 4) is 0 Å². The summed E-state index contributed by atoms with van der Waals surface area (Å²) in [6, 6.07) is 13.6. The Morgan fingerprint density at radius 1 is 0.947 bits per heavy atom. The lowest BCUT2D eigenvalue weighted by molar-refractivity contribution is 0.665. The van der Waals surface area contributed by atoms with Gasteiger partial charge in [-0.1, -0.05) is 63.4 Å². The lowest BCUT2D eigenvalue weighted by Gasteiger charge is -2.14. The average molecular weight is 359 g/mol. The smallest absolute Gasteiger partial charge is 0.0449 e. The molecule has 0 saturated heterocycles. The van der Waals surface area contributed by atoms with Gasteiger partial charge in [0.05, 0.1) is 0 Å². The monoisotopic (exact) mass is 357 g/mol. The third-order valence-corrected chi connectivity index (χ3v) is 4.15. The van der Waals surface area contributed by atoms with Gasteiger partial charge >= 0.3 is 0 Å². The van der Waals surface area contributed by atoms with Crippen molar-refractivity contribution in [3.05, 3.63) is 68.1 Å². The molecule has 19 heavy (non-hydrogen) atoms. The third kappa shape index (κ3) is 4.22. The van der Waals surface area contributed by atoms with Crippen LogP contribution in [0.4, 0.5) is 0 Å². The summed E-state index contributed by atoms with van der Waals surface area (Å²) in [6.07, 6.45) is 1.48. The van der Waals surface area contributed by atoms with Gasteiger partial charge in [0.15, 0.2) is 0 Å². The first-order valence-corrected chi connectivity index (χ1v) is 7.54. The standard InChI is InChI=1S/C15H14BrCl2N/c16-12-6-5-11(15(18)9-12)8-13(19)7-10-3-1-2-4-14(10)17/h1-6,9,13H,7-8,19H2. The van der Waals surface area contributed by atoms with Gasteiger partial charge in [0.25, 0.3) is 0 Å². The summed E-state index contributed by atoms with van der Waals surface area (Å²) in [5.74, 6) is 0. The summed E-state index contributed by atoms with van der Waals surface area (Å²) in [5, 5.41) is 1.50. The minimum Gasteiger partial charge on any atom is -0.327 e. The van der Waals surface area contributed by atoms with Crippen LogP contribution in [0.5, 0.6) is 0 Å². The van der Waals surface area contributed by atoms with Crippen molar-refractivity contribution in [2.45, 2.75) is 18.9 Å². The Hall–Kier alpha value is -0.540. The molecule has 1 nitrogen and oxygen atoms in total. The van der Waals surface area contributed by atoms with Gasteiger partial charge < -0.3 is 5.73 Å². The molecule has 0 spiro atoms. The highest BCUT2D eigenvalue weighted by Gasteiger charge is 2.10. The fraction of sp³-hybridized carbons (Fsp3) is 0.200. The Bertz CT molecular complexity index is 572. The third-order valence-electron chi connectivity index (χ3n) is 2.94. The summed E-state index contributed by atoms with van der Waals surface area (Å²) < 4.78 is 0.973.